The minimum absolute atomic E-state index is 0.000445. The molecule has 16 rings (SSSR count). The number of methoxy groups -OCH3 is 2. The van der Waals surface area contributed by atoms with Gasteiger partial charge < -0.3 is 39.4 Å². The van der Waals surface area contributed by atoms with E-state index in [1.54, 1.807) is 0 Å². The molecule has 8 bridgehead atoms. The molecule has 380 valence electrons. The topological polar surface area (TPSA) is 121 Å². The monoisotopic (exact) mass is 970 g/mol. The normalized spacial score (nSPS) is 42.9. The number of benzene rings is 2. The summed E-state index contributed by atoms with van der Waals surface area (Å²) in [5.74, 6) is 5.19. The average Bonchev–Trinajstić information content (AvgIpc) is 4.25. The van der Waals surface area contributed by atoms with Crippen LogP contribution < -0.4 is 9.47 Å². The third kappa shape index (κ3) is 5.79. The van der Waals surface area contributed by atoms with Crippen LogP contribution in [0.5, 0.6) is 23.0 Å². The lowest BCUT2D eigenvalue weighted by molar-refractivity contribution is -0.312. The molecule has 69 heavy (non-hydrogen) atoms. The van der Waals surface area contributed by atoms with Crippen LogP contribution in [0.25, 0.3) is 0 Å². The van der Waals surface area contributed by atoms with Gasteiger partial charge in [-0.05, 0) is 174 Å². The number of piperidine rings is 1. The first-order valence-corrected chi connectivity index (χ1v) is 27.9. The molecule has 1 saturated heterocycles. The molecule has 3 heterocycles. The molecule has 0 aromatic heterocycles. The maximum Gasteiger partial charge on any atom is 0.165 e. The molecule has 4 spiro atoms. The van der Waals surface area contributed by atoms with Gasteiger partial charge in [0, 0.05) is 71.9 Å². The molecule has 9 saturated carbocycles. The summed E-state index contributed by atoms with van der Waals surface area (Å²) in [6, 6.07) is 8.42. The molecule has 11 aliphatic carbocycles. The molecule has 3 aliphatic heterocycles. The second-order valence-corrected chi connectivity index (χ2v) is 27.9. The molecule has 14 atom stereocenters. The summed E-state index contributed by atoms with van der Waals surface area (Å²) in [5, 5.41) is 45.9. The Labute approximate surface area is 417 Å². The van der Waals surface area contributed by atoms with Crippen molar-refractivity contribution in [3.63, 3.8) is 0 Å². The predicted molar refractivity (Wildman–Crippen MR) is 268 cm³/mol. The van der Waals surface area contributed by atoms with Crippen LogP contribution in [0.2, 0.25) is 0 Å². The number of fused-ring (bicyclic) bond motifs is 4. The largest absolute Gasteiger partial charge is 0.504 e. The highest BCUT2D eigenvalue weighted by Gasteiger charge is 2.84. The standard InChI is InChI=1S/C29H41NO4.C26H36O4.C4H7Cl/c1-25(2,3)26(4,32)20-15-27-10-11-29(20,33-5)24-28(27)12-13-30(16-17-6-7-17)21(27)14-18-8-9-19(31)23(34-24)22(18)28;1-22(2,3)23(4,28)18-14-24-11-12-26(18,29-5)21-25(24)10-6-7-16(24)13-15-8-9-17(27)20(30-21)19(15)25;5-3-4-1-2-4/h8-9,17,20-21,24,31-32H,6-7,10-16H2,1-5H3;8-9,16,18,21,27-28H,6-7,10-14H2,1-5H3;4H,1-3H2/t20-,21?,24-,26?,27-,28+,29-;16?,18-,21-,23?,24-,25+,26-;/m11./s1. The fourth-order valence-electron chi connectivity index (χ4n) is 18.8. The number of aromatic hydroxyl groups is 2. The summed E-state index contributed by atoms with van der Waals surface area (Å²) in [4.78, 5) is 2.82. The van der Waals surface area contributed by atoms with E-state index in [-0.39, 0.29) is 68.0 Å². The van der Waals surface area contributed by atoms with E-state index >= 15 is 0 Å². The Morgan fingerprint density at radius 2 is 1.13 bits per heavy atom. The van der Waals surface area contributed by atoms with Crippen LogP contribution in [-0.4, -0.2) is 99.2 Å². The summed E-state index contributed by atoms with van der Waals surface area (Å²) in [6.45, 7) is 19.2. The van der Waals surface area contributed by atoms with Crippen molar-refractivity contribution < 1.29 is 39.4 Å². The molecule has 14 aliphatic rings. The Kier molecular flexibility index (Phi) is 10.3. The maximum absolute atomic E-state index is 12.2. The van der Waals surface area contributed by atoms with Gasteiger partial charge in [0.25, 0.3) is 0 Å². The Bertz CT molecular complexity index is 2420. The van der Waals surface area contributed by atoms with Crippen LogP contribution in [0.4, 0.5) is 0 Å². The highest BCUT2D eigenvalue weighted by atomic mass is 35.5. The Morgan fingerprint density at radius 1 is 0.638 bits per heavy atom. The maximum atomic E-state index is 12.2. The van der Waals surface area contributed by atoms with E-state index in [1.807, 2.05) is 40.2 Å². The van der Waals surface area contributed by atoms with Crippen molar-refractivity contribution in [2.75, 3.05) is 33.2 Å². The van der Waals surface area contributed by atoms with Crippen molar-refractivity contribution in [1.29, 1.82) is 0 Å². The van der Waals surface area contributed by atoms with Crippen LogP contribution >= 0.6 is 11.6 Å². The smallest absolute Gasteiger partial charge is 0.165 e. The molecule has 2 aromatic rings. The zero-order chi connectivity index (χ0) is 48.9. The van der Waals surface area contributed by atoms with E-state index in [0.29, 0.717) is 23.5 Å². The van der Waals surface area contributed by atoms with Crippen LogP contribution in [0, 0.1) is 51.2 Å². The quantitative estimate of drug-likeness (QED) is 0.201. The molecular weight excluding hydrogens is 886 g/mol. The van der Waals surface area contributed by atoms with Crippen molar-refractivity contribution in [3.05, 3.63) is 46.5 Å². The minimum Gasteiger partial charge on any atom is -0.504 e. The zero-order valence-corrected chi connectivity index (χ0v) is 44.4. The molecule has 10 heteroatoms. The molecule has 2 aromatic carbocycles. The number of nitrogens with zero attached hydrogens (tertiary/aromatic N) is 1. The zero-order valence-electron chi connectivity index (χ0n) is 43.6. The van der Waals surface area contributed by atoms with E-state index in [0.717, 1.165) is 88.5 Å². The van der Waals surface area contributed by atoms with E-state index in [9.17, 15) is 20.4 Å². The number of phenols is 2. The van der Waals surface area contributed by atoms with Crippen molar-refractivity contribution in [2.45, 2.75) is 210 Å². The van der Waals surface area contributed by atoms with Gasteiger partial charge in [0.15, 0.2) is 23.0 Å². The number of likely N-dealkylation sites (tertiary alicyclic amines) is 1. The summed E-state index contributed by atoms with van der Waals surface area (Å²) in [5.41, 5.74) is 1.79. The van der Waals surface area contributed by atoms with Gasteiger partial charge >= 0.3 is 0 Å². The number of aliphatic hydroxyl groups is 2. The first kappa shape index (κ1) is 47.7. The Balaban J connectivity index is 0.000000130. The molecular formula is C59H84ClNO8. The lowest BCUT2D eigenvalue weighted by atomic mass is 9.31. The summed E-state index contributed by atoms with van der Waals surface area (Å²) >= 11 is 5.40. The molecule has 10 fully saturated rings. The van der Waals surface area contributed by atoms with Crippen LogP contribution in [0.3, 0.4) is 0 Å². The first-order valence-electron chi connectivity index (χ1n) is 27.4. The van der Waals surface area contributed by atoms with Crippen molar-refractivity contribution in [2.24, 2.45) is 51.2 Å². The van der Waals surface area contributed by atoms with Crippen molar-refractivity contribution in [3.8, 4) is 23.0 Å². The van der Waals surface area contributed by atoms with E-state index < -0.39 is 22.4 Å². The van der Waals surface area contributed by atoms with Crippen LogP contribution in [0.15, 0.2) is 24.3 Å². The predicted octanol–water partition coefficient (Wildman–Crippen LogP) is 10.8. The summed E-state index contributed by atoms with van der Waals surface area (Å²) < 4.78 is 26.7. The van der Waals surface area contributed by atoms with Gasteiger partial charge in [-0.1, -0.05) is 60.1 Å². The summed E-state index contributed by atoms with van der Waals surface area (Å²) in [7, 11) is 3.65. The lowest BCUT2D eigenvalue weighted by Crippen LogP contribution is -2.83. The number of hydrogen-bond donors (Lipinski definition) is 4. The number of ether oxygens (including phenoxy) is 4. The van der Waals surface area contributed by atoms with Crippen LogP contribution in [0.1, 0.15) is 168 Å². The molecule has 4 unspecified atom stereocenters. The third-order valence-electron chi connectivity index (χ3n) is 23.5. The SMILES string of the molecule is CO[C@]12CC[C@@]3(C[C@@H]1C(C)(O)C(C)(C)C)C1CCC[C@@]34c3c(ccc(O)c3O[C@@H]24)C1.CO[C@]12CC[C@@]3(C[C@@H]1C(C)(O)C(C)(C)C)C1Cc4ccc(O)c5c4[C@@]3(CCN1CC1CC1)[C@H]2O5.ClCC1CC1. The Morgan fingerprint density at radius 3 is 1.61 bits per heavy atom. The van der Waals surface area contributed by atoms with Gasteiger partial charge in [-0.15, -0.1) is 11.6 Å². The van der Waals surface area contributed by atoms with E-state index in [4.69, 9.17) is 30.5 Å². The number of halogens is 1. The fourth-order valence-corrected chi connectivity index (χ4v) is 19.1. The highest BCUT2D eigenvalue weighted by Crippen LogP contribution is 2.81. The van der Waals surface area contributed by atoms with Gasteiger partial charge in [-0.3, -0.25) is 4.90 Å². The molecule has 0 radical (unpaired) electrons. The number of alkyl halides is 1. The number of hydrogen-bond acceptors (Lipinski definition) is 9. The third-order valence-corrected chi connectivity index (χ3v) is 24.0. The van der Waals surface area contributed by atoms with Crippen LogP contribution in [-0.2, 0) is 33.1 Å². The van der Waals surface area contributed by atoms with Gasteiger partial charge in [0.2, 0.25) is 0 Å². The first-order chi connectivity index (χ1) is 32.5. The van der Waals surface area contributed by atoms with E-state index in [2.05, 4.69) is 58.6 Å². The Hall–Kier alpha value is -2.27. The second-order valence-electron chi connectivity index (χ2n) is 27.6. The molecule has 0 amide bonds. The van der Waals surface area contributed by atoms with Gasteiger partial charge in [-0.25, -0.2) is 0 Å². The summed E-state index contributed by atoms with van der Waals surface area (Å²) in [6.07, 6.45) is 18.0. The van der Waals surface area contributed by atoms with E-state index in [1.165, 1.54) is 67.3 Å². The van der Waals surface area contributed by atoms with Crippen molar-refractivity contribution in [1.82, 2.24) is 4.90 Å². The fraction of sp³-hybridized carbons (Fsp3) is 0.797. The van der Waals surface area contributed by atoms with Crippen molar-refractivity contribution >= 4 is 11.6 Å². The molecule has 9 nitrogen and oxygen atoms in total. The van der Waals surface area contributed by atoms with Gasteiger partial charge in [0.1, 0.15) is 23.4 Å². The minimum atomic E-state index is -0.909. The van der Waals surface area contributed by atoms with Gasteiger partial charge in [0.05, 0.1) is 11.2 Å². The second kappa shape index (κ2) is 14.9. The average molecular weight is 971 g/mol. The number of rotatable bonds is 7. The lowest BCUT2D eigenvalue weighted by Gasteiger charge is -2.75. The van der Waals surface area contributed by atoms with Gasteiger partial charge in [-0.2, -0.15) is 0 Å². The highest BCUT2D eigenvalue weighted by molar-refractivity contribution is 6.18. The molecule has 4 N–H and O–H groups in total. The number of phenolic OH excluding ortho intramolecular Hbond substituents is 2.